The van der Waals surface area contributed by atoms with E-state index in [1.54, 1.807) is 24.3 Å². The van der Waals surface area contributed by atoms with Crippen LogP contribution in [0, 0.1) is 11.8 Å². The predicted octanol–water partition coefficient (Wildman–Crippen LogP) is 2.86. The largest absolute Gasteiger partial charge is 0.384 e. The fraction of sp³-hybridized carbons (Fsp3) is 0.250. The van der Waals surface area contributed by atoms with Gasteiger partial charge < -0.3 is 5.11 Å². The maximum absolute atomic E-state index is 12.2. The number of carbonyl (C=O) groups is 1. The van der Waals surface area contributed by atoms with E-state index >= 15 is 0 Å². The Kier molecular flexibility index (Phi) is 5.09. The average molecular weight is 300 g/mol. The average Bonchev–Trinajstić information content (AvgIpc) is 2.94. The molecular formula is C16H16N2O2S. The number of aliphatic hydroxyl groups excluding tert-OH is 1. The van der Waals surface area contributed by atoms with Crippen LogP contribution < -0.4 is 5.32 Å². The lowest BCUT2D eigenvalue weighted by atomic mass is 10.1. The summed E-state index contributed by atoms with van der Waals surface area (Å²) < 4.78 is 0. The third-order valence-corrected chi connectivity index (χ3v) is 3.55. The van der Waals surface area contributed by atoms with E-state index in [1.165, 1.54) is 11.3 Å². The third-order valence-electron chi connectivity index (χ3n) is 2.77. The van der Waals surface area contributed by atoms with Gasteiger partial charge in [0.05, 0.1) is 5.69 Å². The summed E-state index contributed by atoms with van der Waals surface area (Å²) in [7, 11) is 0. The van der Waals surface area contributed by atoms with E-state index in [4.69, 9.17) is 5.11 Å². The molecule has 0 bridgehead atoms. The number of amides is 1. The van der Waals surface area contributed by atoms with Crippen molar-refractivity contribution in [2.45, 2.75) is 19.8 Å². The molecule has 1 heterocycles. The molecule has 21 heavy (non-hydrogen) atoms. The zero-order chi connectivity index (χ0) is 15.2. The van der Waals surface area contributed by atoms with Gasteiger partial charge in [-0.3, -0.25) is 10.1 Å². The van der Waals surface area contributed by atoms with Crippen LogP contribution in [0.4, 0.5) is 5.13 Å². The summed E-state index contributed by atoms with van der Waals surface area (Å²) in [5.41, 5.74) is 2.18. The summed E-state index contributed by atoms with van der Waals surface area (Å²) in [4.78, 5) is 16.6. The van der Waals surface area contributed by atoms with Crippen LogP contribution in [0.2, 0.25) is 0 Å². The summed E-state index contributed by atoms with van der Waals surface area (Å²) in [6.45, 7) is 3.92. The van der Waals surface area contributed by atoms with Crippen LogP contribution in [-0.2, 0) is 0 Å². The Morgan fingerprint density at radius 2 is 2.29 bits per heavy atom. The molecule has 0 atom stereocenters. The standard InChI is InChI=1S/C16H16N2O2S/c1-11(2)14-10-21-16(17-14)18-15(20)13-7-3-5-12(9-13)6-4-8-19/h3,5,7,9-11,19H,8H2,1-2H3,(H,17,18,20). The van der Waals surface area contributed by atoms with E-state index in [9.17, 15) is 4.79 Å². The fourth-order valence-corrected chi connectivity index (χ4v) is 2.52. The lowest BCUT2D eigenvalue weighted by Crippen LogP contribution is -2.11. The Balaban J connectivity index is 2.12. The number of anilines is 1. The van der Waals surface area contributed by atoms with E-state index in [0.29, 0.717) is 22.2 Å². The van der Waals surface area contributed by atoms with Gasteiger partial charge in [-0.2, -0.15) is 0 Å². The van der Waals surface area contributed by atoms with Crippen LogP contribution in [-0.4, -0.2) is 22.6 Å². The van der Waals surface area contributed by atoms with Gasteiger partial charge in [-0.1, -0.05) is 31.8 Å². The summed E-state index contributed by atoms with van der Waals surface area (Å²) in [6, 6.07) is 6.96. The highest BCUT2D eigenvalue weighted by molar-refractivity contribution is 7.14. The van der Waals surface area contributed by atoms with Crippen LogP contribution in [0.5, 0.6) is 0 Å². The molecule has 2 N–H and O–H groups in total. The van der Waals surface area contributed by atoms with Crippen molar-refractivity contribution in [3.63, 3.8) is 0 Å². The van der Waals surface area contributed by atoms with Crippen LogP contribution in [0.15, 0.2) is 29.6 Å². The first-order chi connectivity index (χ1) is 10.1. The van der Waals surface area contributed by atoms with Crippen molar-refractivity contribution in [1.29, 1.82) is 0 Å². The molecule has 0 aliphatic heterocycles. The zero-order valence-electron chi connectivity index (χ0n) is 11.9. The first-order valence-corrected chi connectivity index (χ1v) is 7.44. The molecular weight excluding hydrogens is 284 g/mol. The lowest BCUT2D eigenvalue weighted by Gasteiger charge is -2.02. The Hall–Kier alpha value is -2.16. The first-order valence-electron chi connectivity index (χ1n) is 6.56. The number of nitrogens with zero attached hydrogens (tertiary/aromatic N) is 1. The number of thiazole rings is 1. The van der Waals surface area contributed by atoms with Gasteiger partial charge in [-0.05, 0) is 24.1 Å². The fourth-order valence-electron chi connectivity index (χ4n) is 1.66. The van der Waals surface area contributed by atoms with Crippen LogP contribution in [0.25, 0.3) is 0 Å². The van der Waals surface area contributed by atoms with Crippen molar-refractivity contribution >= 4 is 22.4 Å². The van der Waals surface area contributed by atoms with E-state index in [-0.39, 0.29) is 12.5 Å². The number of aromatic nitrogens is 1. The van der Waals surface area contributed by atoms with Crippen molar-refractivity contribution in [3.8, 4) is 11.8 Å². The number of nitrogens with one attached hydrogen (secondary N) is 1. The highest BCUT2D eigenvalue weighted by Crippen LogP contribution is 2.22. The van der Waals surface area contributed by atoms with Crippen LogP contribution in [0.3, 0.4) is 0 Å². The number of aliphatic hydroxyl groups is 1. The molecule has 0 unspecified atom stereocenters. The lowest BCUT2D eigenvalue weighted by molar-refractivity contribution is 0.102. The van der Waals surface area contributed by atoms with Crippen molar-refractivity contribution in [2.75, 3.05) is 11.9 Å². The number of benzene rings is 1. The maximum atomic E-state index is 12.2. The van der Waals surface area contributed by atoms with Gasteiger partial charge >= 0.3 is 0 Å². The van der Waals surface area contributed by atoms with Crippen molar-refractivity contribution < 1.29 is 9.90 Å². The molecule has 1 aromatic heterocycles. The van der Waals surface area contributed by atoms with E-state index in [2.05, 4.69) is 36.0 Å². The van der Waals surface area contributed by atoms with Gasteiger partial charge in [0.25, 0.3) is 5.91 Å². The molecule has 0 aliphatic carbocycles. The quantitative estimate of drug-likeness (QED) is 0.857. The minimum absolute atomic E-state index is 0.201. The summed E-state index contributed by atoms with van der Waals surface area (Å²) >= 11 is 1.41. The number of hydrogen-bond donors (Lipinski definition) is 2. The SMILES string of the molecule is CC(C)c1csc(NC(=O)c2cccc(C#CCO)c2)n1. The highest BCUT2D eigenvalue weighted by Gasteiger charge is 2.10. The van der Waals surface area contributed by atoms with Crippen LogP contribution >= 0.6 is 11.3 Å². The van der Waals surface area contributed by atoms with Crippen molar-refractivity contribution in [3.05, 3.63) is 46.5 Å². The zero-order valence-corrected chi connectivity index (χ0v) is 12.7. The monoisotopic (exact) mass is 300 g/mol. The van der Waals surface area contributed by atoms with Gasteiger partial charge in [0, 0.05) is 16.5 Å². The molecule has 1 aromatic carbocycles. The highest BCUT2D eigenvalue weighted by atomic mass is 32.1. The predicted molar refractivity (Wildman–Crippen MR) is 84.6 cm³/mol. The smallest absolute Gasteiger partial charge is 0.257 e. The van der Waals surface area contributed by atoms with Gasteiger partial charge in [-0.25, -0.2) is 4.98 Å². The molecule has 0 spiro atoms. The molecule has 1 amide bonds. The summed E-state index contributed by atoms with van der Waals surface area (Å²) in [6.07, 6.45) is 0. The Morgan fingerprint density at radius 3 is 2.95 bits per heavy atom. The molecule has 4 nitrogen and oxygen atoms in total. The summed E-state index contributed by atoms with van der Waals surface area (Å²) in [5, 5.41) is 14.0. The number of rotatable bonds is 3. The molecule has 5 heteroatoms. The minimum atomic E-state index is -0.215. The summed E-state index contributed by atoms with van der Waals surface area (Å²) in [5.74, 6) is 5.46. The molecule has 108 valence electrons. The Bertz CT molecular complexity index is 696. The van der Waals surface area contributed by atoms with E-state index in [0.717, 1.165) is 5.69 Å². The van der Waals surface area contributed by atoms with E-state index < -0.39 is 0 Å². The maximum Gasteiger partial charge on any atom is 0.257 e. The van der Waals surface area contributed by atoms with Crippen LogP contribution in [0.1, 0.15) is 41.4 Å². The van der Waals surface area contributed by atoms with E-state index in [1.807, 2.05) is 5.38 Å². The topological polar surface area (TPSA) is 62.2 Å². The minimum Gasteiger partial charge on any atom is -0.384 e. The Morgan fingerprint density at radius 1 is 1.48 bits per heavy atom. The van der Waals surface area contributed by atoms with Gasteiger partial charge in [0.1, 0.15) is 6.61 Å². The molecule has 2 aromatic rings. The normalized spacial score (nSPS) is 10.1. The number of hydrogen-bond acceptors (Lipinski definition) is 4. The first kappa shape index (κ1) is 15.2. The third kappa shape index (κ3) is 4.15. The molecule has 0 saturated heterocycles. The second-order valence-corrected chi connectivity index (χ2v) is 5.59. The molecule has 0 fully saturated rings. The number of carbonyl (C=O) groups excluding carboxylic acids is 1. The van der Waals surface area contributed by atoms with Crippen molar-refractivity contribution in [2.24, 2.45) is 0 Å². The molecule has 0 radical (unpaired) electrons. The second-order valence-electron chi connectivity index (χ2n) is 4.73. The van der Waals surface area contributed by atoms with Gasteiger partial charge in [0.15, 0.2) is 5.13 Å². The van der Waals surface area contributed by atoms with Gasteiger partial charge in [0.2, 0.25) is 0 Å². The molecule has 0 aliphatic rings. The molecule has 2 rings (SSSR count). The Labute approximate surface area is 127 Å². The van der Waals surface area contributed by atoms with Gasteiger partial charge in [-0.15, -0.1) is 11.3 Å². The van der Waals surface area contributed by atoms with Crippen molar-refractivity contribution in [1.82, 2.24) is 4.98 Å². The molecule has 0 saturated carbocycles. The second kappa shape index (κ2) is 7.02.